The van der Waals surface area contributed by atoms with Gasteiger partial charge in [-0.1, -0.05) is 17.7 Å². The summed E-state index contributed by atoms with van der Waals surface area (Å²) in [6.45, 7) is 15.4. The minimum atomic E-state index is -0.573. The number of rotatable bonds is 4. The molecule has 6 nitrogen and oxygen atoms in total. The average Bonchev–Trinajstić information content (AvgIpc) is 3.20. The molecule has 0 spiro atoms. The van der Waals surface area contributed by atoms with E-state index in [4.69, 9.17) is 4.74 Å². The SMILES string of the molecule is CC(C)=C1C(=O)N(c2ccc(CNC(=O)OC(C)(C)C)cc2)C(=O)/C1=C(\C)c1cc(C)sc1C. The minimum Gasteiger partial charge on any atom is -0.444 e. The lowest BCUT2D eigenvalue weighted by molar-refractivity contribution is -0.119. The summed E-state index contributed by atoms with van der Waals surface area (Å²) in [6.07, 6.45) is -0.501. The highest BCUT2D eigenvalue weighted by Crippen LogP contribution is 2.38. The van der Waals surface area contributed by atoms with E-state index >= 15 is 0 Å². The van der Waals surface area contributed by atoms with Crippen molar-refractivity contribution in [2.45, 2.75) is 67.5 Å². The monoisotopic (exact) mass is 480 g/mol. The van der Waals surface area contributed by atoms with Gasteiger partial charge in [-0.3, -0.25) is 9.59 Å². The largest absolute Gasteiger partial charge is 0.444 e. The molecule has 1 aliphatic rings. The van der Waals surface area contributed by atoms with Gasteiger partial charge >= 0.3 is 6.09 Å². The molecule has 1 fully saturated rings. The normalized spacial score (nSPS) is 15.6. The van der Waals surface area contributed by atoms with Crippen molar-refractivity contribution in [3.63, 3.8) is 0 Å². The van der Waals surface area contributed by atoms with E-state index in [0.717, 1.165) is 32.0 Å². The van der Waals surface area contributed by atoms with E-state index < -0.39 is 11.7 Å². The molecule has 1 aromatic heterocycles. The second-order valence-corrected chi connectivity index (χ2v) is 11.1. The Morgan fingerprint density at radius 2 is 1.59 bits per heavy atom. The highest BCUT2D eigenvalue weighted by molar-refractivity contribution is 7.12. The summed E-state index contributed by atoms with van der Waals surface area (Å²) in [5, 5.41) is 2.71. The average molecular weight is 481 g/mol. The lowest BCUT2D eigenvalue weighted by Crippen LogP contribution is -2.32. The first-order chi connectivity index (χ1) is 15.8. The van der Waals surface area contributed by atoms with Crippen LogP contribution in [0, 0.1) is 13.8 Å². The summed E-state index contributed by atoms with van der Waals surface area (Å²) in [7, 11) is 0. The van der Waals surface area contributed by atoms with Gasteiger partial charge in [0.25, 0.3) is 11.8 Å². The highest BCUT2D eigenvalue weighted by atomic mass is 32.1. The maximum absolute atomic E-state index is 13.5. The Labute approximate surface area is 205 Å². The number of carbonyl (C=O) groups is 3. The molecular weight excluding hydrogens is 448 g/mol. The number of imide groups is 1. The Kier molecular flexibility index (Phi) is 7.17. The second kappa shape index (κ2) is 9.58. The first-order valence-corrected chi connectivity index (χ1v) is 12.0. The summed E-state index contributed by atoms with van der Waals surface area (Å²) in [5.74, 6) is -0.634. The molecule has 0 atom stereocenters. The predicted molar refractivity (Wildman–Crippen MR) is 137 cm³/mol. The molecule has 1 saturated heterocycles. The smallest absolute Gasteiger partial charge is 0.407 e. The van der Waals surface area contributed by atoms with Crippen molar-refractivity contribution in [1.29, 1.82) is 0 Å². The summed E-state index contributed by atoms with van der Waals surface area (Å²) in [6, 6.07) is 9.09. The molecule has 0 radical (unpaired) electrons. The van der Waals surface area contributed by atoms with Crippen molar-refractivity contribution in [2.75, 3.05) is 4.90 Å². The molecule has 0 bridgehead atoms. The number of hydrogen-bond donors (Lipinski definition) is 1. The van der Waals surface area contributed by atoms with Crippen LogP contribution in [-0.2, 0) is 20.9 Å². The van der Waals surface area contributed by atoms with Gasteiger partial charge in [0, 0.05) is 16.3 Å². The minimum absolute atomic E-state index is 0.275. The van der Waals surface area contributed by atoms with Crippen molar-refractivity contribution < 1.29 is 19.1 Å². The number of hydrogen-bond acceptors (Lipinski definition) is 5. The summed E-state index contributed by atoms with van der Waals surface area (Å²) >= 11 is 1.68. The molecule has 34 heavy (non-hydrogen) atoms. The van der Waals surface area contributed by atoms with Crippen molar-refractivity contribution >= 4 is 40.5 Å². The molecule has 0 aliphatic carbocycles. The third-order valence-corrected chi connectivity index (χ3v) is 6.40. The van der Waals surface area contributed by atoms with Crippen LogP contribution in [0.25, 0.3) is 5.57 Å². The Bertz CT molecular complexity index is 1210. The van der Waals surface area contributed by atoms with E-state index in [1.165, 1.54) is 4.90 Å². The van der Waals surface area contributed by atoms with E-state index in [1.54, 1.807) is 56.4 Å². The van der Waals surface area contributed by atoms with Crippen LogP contribution in [0.3, 0.4) is 0 Å². The van der Waals surface area contributed by atoms with Gasteiger partial charge in [0.05, 0.1) is 16.8 Å². The van der Waals surface area contributed by atoms with E-state index in [2.05, 4.69) is 11.4 Å². The Balaban J connectivity index is 1.89. The lowest BCUT2D eigenvalue weighted by atomic mass is 9.95. The highest BCUT2D eigenvalue weighted by Gasteiger charge is 2.41. The van der Waals surface area contributed by atoms with Gasteiger partial charge in [-0.25, -0.2) is 9.69 Å². The standard InChI is InChI=1S/C27H32N2O4S/c1-15(2)22-23(17(4)21-13-16(3)34-18(21)5)25(31)29(24(22)30)20-11-9-19(10-12-20)14-28-26(32)33-27(6,7)8/h9-13H,14H2,1-8H3,(H,28,32)/b23-17+. The molecule has 1 aromatic carbocycles. The Hall–Kier alpha value is -3.19. The Morgan fingerprint density at radius 1 is 1.00 bits per heavy atom. The molecule has 2 aromatic rings. The van der Waals surface area contributed by atoms with E-state index in [9.17, 15) is 14.4 Å². The number of nitrogens with one attached hydrogen (secondary N) is 1. The molecule has 3 amide bonds. The third-order valence-electron chi connectivity index (χ3n) is 5.43. The van der Waals surface area contributed by atoms with Crippen LogP contribution in [0.4, 0.5) is 10.5 Å². The zero-order valence-electron chi connectivity index (χ0n) is 21.1. The molecule has 3 rings (SSSR count). The zero-order valence-corrected chi connectivity index (χ0v) is 21.9. The van der Waals surface area contributed by atoms with Crippen LogP contribution in [0.15, 0.2) is 47.1 Å². The quantitative estimate of drug-likeness (QED) is 0.425. The molecule has 0 saturated carbocycles. The van der Waals surface area contributed by atoms with Gasteiger partial charge in [0.2, 0.25) is 0 Å². The van der Waals surface area contributed by atoms with Crippen LogP contribution in [-0.4, -0.2) is 23.5 Å². The fraction of sp³-hybridized carbons (Fsp3) is 0.370. The number of amides is 3. The van der Waals surface area contributed by atoms with E-state index in [1.807, 2.05) is 34.6 Å². The summed E-state index contributed by atoms with van der Waals surface area (Å²) < 4.78 is 5.25. The van der Waals surface area contributed by atoms with E-state index in [-0.39, 0.29) is 18.4 Å². The molecular formula is C27H32N2O4S. The van der Waals surface area contributed by atoms with Crippen molar-refractivity contribution in [3.05, 3.63) is 67.9 Å². The predicted octanol–water partition coefficient (Wildman–Crippen LogP) is 6.07. The molecule has 0 unspecified atom stereocenters. The second-order valence-electron chi connectivity index (χ2n) is 9.67. The van der Waals surface area contributed by atoms with Crippen LogP contribution >= 0.6 is 11.3 Å². The maximum Gasteiger partial charge on any atom is 0.407 e. The maximum atomic E-state index is 13.5. The summed E-state index contributed by atoms with van der Waals surface area (Å²) in [5.41, 5.74) is 4.29. The number of carbonyl (C=O) groups excluding carboxylic acids is 3. The lowest BCUT2D eigenvalue weighted by Gasteiger charge is -2.19. The number of benzene rings is 1. The molecule has 180 valence electrons. The number of thiophene rings is 1. The van der Waals surface area contributed by atoms with Gasteiger partial charge in [-0.2, -0.15) is 0 Å². The van der Waals surface area contributed by atoms with Crippen molar-refractivity contribution in [1.82, 2.24) is 5.32 Å². The number of anilines is 1. The van der Waals surface area contributed by atoms with Gasteiger partial charge in [-0.15, -0.1) is 11.3 Å². The van der Waals surface area contributed by atoms with Crippen molar-refractivity contribution in [2.24, 2.45) is 0 Å². The first kappa shape index (κ1) is 25.4. The van der Waals surface area contributed by atoms with E-state index in [0.29, 0.717) is 16.8 Å². The fourth-order valence-electron chi connectivity index (χ4n) is 3.97. The number of aryl methyl sites for hydroxylation is 2. The number of nitrogens with zero attached hydrogens (tertiary/aromatic N) is 1. The molecule has 1 aliphatic heterocycles. The van der Waals surface area contributed by atoms with Gasteiger partial charge in [0.1, 0.15) is 5.60 Å². The van der Waals surface area contributed by atoms with Gasteiger partial charge < -0.3 is 10.1 Å². The topological polar surface area (TPSA) is 75.7 Å². The number of ether oxygens (including phenoxy) is 1. The summed E-state index contributed by atoms with van der Waals surface area (Å²) in [4.78, 5) is 42.3. The number of alkyl carbamates (subject to hydrolysis) is 1. The van der Waals surface area contributed by atoms with Crippen LogP contribution in [0.1, 0.15) is 62.4 Å². The van der Waals surface area contributed by atoms with Crippen LogP contribution < -0.4 is 10.2 Å². The van der Waals surface area contributed by atoms with Gasteiger partial charge in [0.15, 0.2) is 0 Å². The molecule has 7 heteroatoms. The first-order valence-electron chi connectivity index (χ1n) is 11.2. The molecule has 2 heterocycles. The zero-order chi connectivity index (χ0) is 25.4. The van der Waals surface area contributed by atoms with Gasteiger partial charge in [-0.05, 0) is 90.3 Å². The fourth-order valence-corrected chi connectivity index (χ4v) is 4.95. The Morgan fingerprint density at radius 3 is 2.09 bits per heavy atom. The number of allylic oxidation sites excluding steroid dienone is 2. The van der Waals surface area contributed by atoms with Crippen LogP contribution in [0.2, 0.25) is 0 Å². The molecule has 1 N–H and O–H groups in total. The third kappa shape index (κ3) is 5.30. The van der Waals surface area contributed by atoms with Crippen molar-refractivity contribution in [3.8, 4) is 0 Å². The van der Waals surface area contributed by atoms with Crippen LogP contribution in [0.5, 0.6) is 0 Å².